The number of benzene rings is 1. The van der Waals surface area contributed by atoms with E-state index in [2.05, 4.69) is 0 Å². The van der Waals surface area contributed by atoms with E-state index in [0.29, 0.717) is 11.3 Å². The monoisotopic (exact) mass is 213 g/mol. The number of ether oxygens (including phenoxy) is 1. The van der Waals surface area contributed by atoms with Gasteiger partial charge in [-0.15, -0.1) is 0 Å². The average Bonchev–Trinajstić information content (AvgIpc) is 2.20. The molecule has 1 aromatic carbocycles. The number of carbonyl (C=O) groups is 1. The van der Waals surface area contributed by atoms with E-state index >= 15 is 0 Å². The summed E-state index contributed by atoms with van der Waals surface area (Å²) in [5.74, 6) is -0.725. The first kappa shape index (κ1) is 11.3. The summed E-state index contributed by atoms with van der Waals surface area (Å²) in [6.07, 6.45) is 0.200. The highest BCUT2D eigenvalue weighted by atomic mass is 16.5. The van der Waals surface area contributed by atoms with E-state index in [-0.39, 0.29) is 12.2 Å². The predicted octanol–water partition coefficient (Wildman–Crippen LogP) is 0.355. The summed E-state index contributed by atoms with van der Waals surface area (Å²) in [7, 11) is 1.43. The maximum atomic E-state index is 10.5. The first-order valence-corrected chi connectivity index (χ1v) is 4.39. The summed E-state index contributed by atoms with van der Waals surface area (Å²) in [6.45, 7) is 0. The number of rotatable bonds is 4. The van der Waals surface area contributed by atoms with Crippen molar-refractivity contribution >= 4 is 5.97 Å². The van der Waals surface area contributed by atoms with Gasteiger partial charge < -0.3 is 20.7 Å². The molecule has 0 spiro atoms. The van der Waals surface area contributed by atoms with Gasteiger partial charge in [-0.1, -0.05) is 6.07 Å². The fourth-order valence-electron chi connectivity index (χ4n) is 1.19. The minimum atomic E-state index is -1.05. The molecule has 0 saturated heterocycles. The Morgan fingerprint density at radius 2 is 2.27 bits per heavy atom. The van der Waals surface area contributed by atoms with Crippen LogP contribution in [0.1, 0.15) is 5.56 Å². The number of hydrogen-bond acceptors (Lipinski definition) is 4. The molecule has 0 heterocycles. The fourth-order valence-corrected chi connectivity index (χ4v) is 1.19. The smallest absolute Gasteiger partial charge is 0.320 e. The highest BCUT2D eigenvalue weighted by Crippen LogP contribution is 2.26. The van der Waals surface area contributed by atoms with Crippen LogP contribution in [0.2, 0.25) is 0 Å². The Kier molecular flexibility index (Phi) is 3.51. The molecule has 1 aromatic rings. The van der Waals surface area contributed by atoms with Crippen LogP contribution in [0.4, 0.5) is 0 Å². The lowest BCUT2D eigenvalue weighted by molar-refractivity contribution is -0.138. The van der Waals surface area contributed by atoms with Crippen molar-refractivity contribution in [3.63, 3.8) is 0 Å². The minimum absolute atomic E-state index is 0.0187. The molecule has 0 unspecified atom stereocenters. The van der Waals surface area contributed by atoms with E-state index in [1.807, 2.05) is 0 Å². The third-order valence-corrected chi connectivity index (χ3v) is 2.02. The Bertz CT molecular complexity index is 364. The van der Waals surface area contributed by atoms with Crippen LogP contribution >= 0.6 is 0 Å². The molecule has 0 aromatic heterocycles. The first-order chi connectivity index (χ1) is 7.04. The van der Waals surface area contributed by atoms with Gasteiger partial charge in [-0.25, -0.2) is 0 Å². The van der Waals surface area contributed by atoms with Crippen LogP contribution in [0.5, 0.6) is 11.5 Å². The van der Waals surface area contributed by atoms with Gasteiger partial charge >= 0.3 is 5.97 Å². The van der Waals surface area contributed by atoms with Crippen molar-refractivity contribution in [2.45, 2.75) is 12.5 Å². The van der Waals surface area contributed by atoms with Crippen LogP contribution in [-0.2, 0) is 11.2 Å². The SMILES string of the molecule is COc1cc(C[14C@H](N)C(=O)O)ccc1O. The molecule has 15 heavy (non-hydrogen) atoms. The van der Waals surface area contributed by atoms with Gasteiger partial charge in [0, 0.05) is 0 Å². The maximum Gasteiger partial charge on any atom is 0.320 e. The van der Waals surface area contributed by atoms with Crippen molar-refractivity contribution in [2.24, 2.45) is 5.73 Å². The molecule has 82 valence electrons. The van der Waals surface area contributed by atoms with Crippen LogP contribution in [0, 0.1) is 0 Å². The summed E-state index contributed by atoms with van der Waals surface area (Å²) >= 11 is 0. The maximum absolute atomic E-state index is 10.5. The van der Waals surface area contributed by atoms with Gasteiger partial charge in [-0.2, -0.15) is 0 Å². The zero-order valence-corrected chi connectivity index (χ0v) is 8.30. The minimum Gasteiger partial charge on any atom is -0.504 e. The van der Waals surface area contributed by atoms with Crippen LogP contribution in [-0.4, -0.2) is 29.3 Å². The third kappa shape index (κ3) is 2.85. The van der Waals surface area contributed by atoms with Crippen molar-refractivity contribution < 1.29 is 19.7 Å². The standard InChI is InChI=1S/C10H13NO4/c1-15-9-5-6(2-3-8(9)12)4-7(11)10(13)14/h2-3,5,7,12H,4,11H2,1H3,(H,13,14)/t7-/m0/s1/i7+2. The number of phenols is 1. The molecular formula is C10H13NO4. The third-order valence-electron chi connectivity index (χ3n) is 2.02. The lowest BCUT2D eigenvalue weighted by Crippen LogP contribution is -2.32. The van der Waals surface area contributed by atoms with Gasteiger partial charge in [0.25, 0.3) is 0 Å². The second-order valence-electron chi connectivity index (χ2n) is 3.16. The zero-order chi connectivity index (χ0) is 11.4. The largest absolute Gasteiger partial charge is 0.504 e. The summed E-state index contributed by atoms with van der Waals surface area (Å²) < 4.78 is 4.89. The lowest BCUT2D eigenvalue weighted by Gasteiger charge is -2.08. The summed E-state index contributed by atoms with van der Waals surface area (Å²) in [5, 5.41) is 17.9. The van der Waals surface area contributed by atoms with E-state index in [4.69, 9.17) is 15.6 Å². The normalized spacial score (nSPS) is 12.1. The molecule has 0 aliphatic rings. The number of aliphatic carboxylic acids is 1. The molecule has 0 bridgehead atoms. The molecule has 0 radical (unpaired) electrons. The van der Waals surface area contributed by atoms with Crippen LogP contribution in [0.3, 0.4) is 0 Å². The molecular weight excluding hydrogens is 200 g/mol. The van der Waals surface area contributed by atoms with Crippen LogP contribution < -0.4 is 10.5 Å². The van der Waals surface area contributed by atoms with Gasteiger partial charge in [0.05, 0.1) is 7.11 Å². The molecule has 0 aliphatic heterocycles. The van der Waals surface area contributed by atoms with Crippen molar-refractivity contribution in [2.75, 3.05) is 7.11 Å². The molecule has 4 N–H and O–H groups in total. The number of carboxylic acid groups (broad SMARTS) is 1. The number of aromatic hydroxyl groups is 1. The molecule has 0 aliphatic carbocycles. The van der Waals surface area contributed by atoms with Crippen molar-refractivity contribution in [3.05, 3.63) is 23.8 Å². The van der Waals surface area contributed by atoms with Gasteiger partial charge in [0.15, 0.2) is 11.5 Å². The highest BCUT2D eigenvalue weighted by molar-refractivity contribution is 5.73. The zero-order valence-electron chi connectivity index (χ0n) is 8.30. The lowest BCUT2D eigenvalue weighted by atomic mass is 10.2. The molecule has 0 fully saturated rings. The predicted molar refractivity (Wildman–Crippen MR) is 54.0 cm³/mol. The topological polar surface area (TPSA) is 92.8 Å². The van der Waals surface area contributed by atoms with Crippen LogP contribution in [0.15, 0.2) is 18.2 Å². The van der Waals surface area contributed by atoms with Gasteiger partial charge in [0.2, 0.25) is 0 Å². The quantitative estimate of drug-likeness (QED) is 0.671. The summed E-state index contributed by atoms with van der Waals surface area (Å²) in [4.78, 5) is 10.5. The Morgan fingerprint density at radius 3 is 2.80 bits per heavy atom. The molecule has 0 amide bonds. The highest BCUT2D eigenvalue weighted by Gasteiger charge is 2.13. The van der Waals surface area contributed by atoms with E-state index in [1.54, 1.807) is 12.1 Å². The molecule has 5 nitrogen and oxygen atoms in total. The molecule has 0 saturated carbocycles. The second kappa shape index (κ2) is 4.65. The average molecular weight is 213 g/mol. The summed E-state index contributed by atoms with van der Waals surface area (Å²) in [5.41, 5.74) is 6.08. The van der Waals surface area contributed by atoms with Crippen molar-refractivity contribution in [1.82, 2.24) is 0 Å². The van der Waals surface area contributed by atoms with Crippen molar-refractivity contribution in [3.8, 4) is 11.5 Å². The fraction of sp³-hybridized carbons (Fsp3) is 0.300. The van der Waals surface area contributed by atoms with E-state index in [9.17, 15) is 9.90 Å². The Balaban J connectivity index is 2.83. The number of carboxylic acids is 1. The van der Waals surface area contributed by atoms with Gasteiger partial charge in [0.1, 0.15) is 6.04 Å². The Hall–Kier alpha value is -1.75. The van der Waals surface area contributed by atoms with Gasteiger partial charge in [-0.05, 0) is 24.1 Å². The Labute approximate surface area is 87.1 Å². The Morgan fingerprint density at radius 1 is 1.60 bits per heavy atom. The number of nitrogens with two attached hydrogens (primary N) is 1. The second-order valence-corrected chi connectivity index (χ2v) is 3.16. The molecule has 5 heteroatoms. The number of methoxy groups -OCH3 is 1. The van der Waals surface area contributed by atoms with Crippen molar-refractivity contribution in [1.29, 1.82) is 0 Å². The van der Waals surface area contributed by atoms with Gasteiger partial charge in [-0.3, -0.25) is 4.79 Å². The van der Waals surface area contributed by atoms with E-state index in [0.717, 1.165) is 0 Å². The van der Waals surface area contributed by atoms with Crippen LogP contribution in [0.25, 0.3) is 0 Å². The first-order valence-electron chi connectivity index (χ1n) is 4.39. The number of phenolic OH excluding ortho intramolecular Hbond substituents is 1. The molecule has 1 atom stereocenters. The molecule has 1 rings (SSSR count). The van der Waals surface area contributed by atoms with E-state index < -0.39 is 12.0 Å². The van der Waals surface area contributed by atoms with E-state index in [1.165, 1.54) is 13.2 Å². The summed E-state index contributed by atoms with van der Waals surface area (Å²) in [6, 6.07) is 3.68. The number of hydrogen-bond donors (Lipinski definition) is 3.